The number of sulfonamides is 1. The number of halogens is 1. The first-order valence-electron chi connectivity index (χ1n) is 8.78. The third kappa shape index (κ3) is 4.41. The first-order valence-corrected chi connectivity index (χ1v) is 11.0. The van der Waals surface area contributed by atoms with E-state index in [2.05, 4.69) is 10.6 Å². The van der Waals surface area contributed by atoms with E-state index in [9.17, 15) is 8.42 Å². The number of morpholine rings is 1. The van der Waals surface area contributed by atoms with Crippen LogP contribution in [-0.4, -0.2) is 50.9 Å². The predicted octanol–water partition coefficient (Wildman–Crippen LogP) is 2.90. The summed E-state index contributed by atoms with van der Waals surface area (Å²) in [5, 5.41) is 6.57. The Balaban J connectivity index is 1.49. The Bertz CT molecular complexity index is 1040. The molecule has 2 N–H and O–H groups in total. The van der Waals surface area contributed by atoms with E-state index in [4.69, 9.17) is 38.0 Å². The minimum absolute atomic E-state index is 0.136. The molecule has 0 radical (unpaired) electrons. The Morgan fingerprint density at radius 2 is 1.79 bits per heavy atom. The van der Waals surface area contributed by atoms with Gasteiger partial charge >= 0.3 is 0 Å². The molecule has 2 aliphatic rings. The molecule has 154 valence electrons. The summed E-state index contributed by atoms with van der Waals surface area (Å²) >= 11 is 11.6. The van der Waals surface area contributed by atoms with E-state index in [1.54, 1.807) is 18.2 Å². The maximum Gasteiger partial charge on any atom is 0.243 e. The lowest BCUT2D eigenvalue weighted by Crippen LogP contribution is -2.40. The highest BCUT2D eigenvalue weighted by atomic mass is 35.5. The van der Waals surface area contributed by atoms with Crippen molar-refractivity contribution in [1.29, 1.82) is 0 Å². The van der Waals surface area contributed by atoms with E-state index in [-0.39, 0.29) is 16.8 Å². The number of nitrogens with one attached hydrogen (secondary N) is 2. The standard InChI is InChI=1S/C18H18ClN3O5S2/c19-14-3-2-13(29(23,24)22-5-7-25-8-6-22)10-15(14)21-18(28)20-12-1-4-16-17(9-12)27-11-26-16/h1-4,9-10H,5-8,11H2,(H2,20,21,28). The van der Waals surface area contributed by atoms with Crippen molar-refractivity contribution in [2.24, 2.45) is 0 Å². The summed E-state index contributed by atoms with van der Waals surface area (Å²) in [5.41, 5.74) is 1.08. The van der Waals surface area contributed by atoms with Gasteiger partial charge < -0.3 is 24.8 Å². The van der Waals surface area contributed by atoms with E-state index in [1.807, 2.05) is 0 Å². The second-order valence-corrected chi connectivity index (χ2v) is 9.06. The fourth-order valence-corrected chi connectivity index (χ4v) is 4.78. The average molecular weight is 456 g/mol. The Labute approximate surface area is 178 Å². The van der Waals surface area contributed by atoms with Crippen LogP contribution in [-0.2, 0) is 14.8 Å². The average Bonchev–Trinajstić information content (AvgIpc) is 3.18. The summed E-state index contributed by atoms with van der Waals surface area (Å²) in [6.45, 7) is 1.57. The highest BCUT2D eigenvalue weighted by Crippen LogP contribution is 2.34. The number of anilines is 2. The lowest BCUT2D eigenvalue weighted by atomic mass is 10.3. The highest BCUT2D eigenvalue weighted by Gasteiger charge is 2.27. The van der Waals surface area contributed by atoms with Gasteiger partial charge in [0.2, 0.25) is 16.8 Å². The molecule has 1 saturated heterocycles. The zero-order valence-corrected chi connectivity index (χ0v) is 17.6. The topological polar surface area (TPSA) is 89.1 Å². The summed E-state index contributed by atoms with van der Waals surface area (Å²) in [5.74, 6) is 1.29. The van der Waals surface area contributed by atoms with Crippen LogP contribution in [0.2, 0.25) is 5.02 Å². The van der Waals surface area contributed by atoms with Crippen molar-refractivity contribution in [3.05, 3.63) is 41.4 Å². The maximum absolute atomic E-state index is 12.9. The number of fused-ring (bicyclic) bond motifs is 1. The number of nitrogens with zero attached hydrogens (tertiary/aromatic N) is 1. The molecule has 0 amide bonds. The summed E-state index contributed by atoms with van der Waals surface area (Å²) in [6, 6.07) is 9.81. The maximum atomic E-state index is 12.9. The van der Waals surface area contributed by atoms with Crippen molar-refractivity contribution in [1.82, 2.24) is 4.31 Å². The van der Waals surface area contributed by atoms with Crippen molar-refractivity contribution >= 4 is 50.3 Å². The van der Waals surface area contributed by atoms with E-state index < -0.39 is 10.0 Å². The summed E-state index contributed by atoms with van der Waals surface area (Å²) < 4.78 is 43.0. The van der Waals surface area contributed by atoms with Gasteiger partial charge in [0, 0.05) is 24.8 Å². The molecule has 0 bridgehead atoms. The lowest BCUT2D eigenvalue weighted by Gasteiger charge is -2.26. The van der Waals surface area contributed by atoms with E-state index >= 15 is 0 Å². The van der Waals surface area contributed by atoms with E-state index in [0.717, 1.165) is 0 Å². The minimum Gasteiger partial charge on any atom is -0.454 e. The molecule has 29 heavy (non-hydrogen) atoms. The molecular formula is C18H18ClN3O5S2. The quantitative estimate of drug-likeness (QED) is 0.680. The molecule has 11 heteroatoms. The molecule has 2 aromatic carbocycles. The van der Waals surface area contributed by atoms with Gasteiger partial charge in [0.25, 0.3) is 0 Å². The first kappa shape index (κ1) is 20.2. The fraction of sp³-hybridized carbons (Fsp3) is 0.278. The Morgan fingerprint density at radius 1 is 1.03 bits per heavy atom. The van der Waals surface area contributed by atoms with Crippen LogP contribution in [0, 0.1) is 0 Å². The summed E-state index contributed by atoms with van der Waals surface area (Å²) in [6.07, 6.45) is 0. The van der Waals surface area contributed by atoms with Crippen LogP contribution >= 0.6 is 23.8 Å². The molecular weight excluding hydrogens is 438 g/mol. The second kappa shape index (κ2) is 8.33. The molecule has 2 heterocycles. The molecule has 1 fully saturated rings. The molecule has 2 aliphatic heterocycles. The normalized spacial score (nSPS) is 16.4. The number of hydrogen-bond donors (Lipinski definition) is 2. The van der Waals surface area contributed by atoms with Crippen LogP contribution in [0.3, 0.4) is 0 Å². The van der Waals surface area contributed by atoms with Gasteiger partial charge in [0.15, 0.2) is 16.6 Å². The van der Waals surface area contributed by atoms with Gasteiger partial charge in [-0.05, 0) is 42.5 Å². The summed E-state index contributed by atoms with van der Waals surface area (Å²) in [7, 11) is -3.64. The van der Waals surface area contributed by atoms with Gasteiger partial charge in [-0.2, -0.15) is 4.31 Å². The van der Waals surface area contributed by atoms with Gasteiger partial charge in [-0.15, -0.1) is 0 Å². The molecule has 0 aromatic heterocycles. The number of rotatable bonds is 4. The molecule has 0 spiro atoms. The zero-order valence-electron chi connectivity index (χ0n) is 15.2. The van der Waals surface area contributed by atoms with Crippen LogP contribution in [0.1, 0.15) is 0 Å². The molecule has 0 unspecified atom stereocenters. The predicted molar refractivity (Wildman–Crippen MR) is 113 cm³/mol. The molecule has 8 nitrogen and oxygen atoms in total. The Kier molecular flexibility index (Phi) is 5.79. The van der Waals surface area contributed by atoms with Crippen LogP contribution in [0.25, 0.3) is 0 Å². The third-order valence-electron chi connectivity index (χ3n) is 4.42. The van der Waals surface area contributed by atoms with Gasteiger partial charge in [0.1, 0.15) is 0 Å². The van der Waals surface area contributed by atoms with E-state index in [0.29, 0.717) is 54.2 Å². The molecule has 0 atom stereocenters. The highest BCUT2D eigenvalue weighted by molar-refractivity contribution is 7.89. The number of thiocarbonyl (C=S) groups is 1. The van der Waals surface area contributed by atoms with Crippen molar-refractivity contribution in [2.45, 2.75) is 4.90 Å². The van der Waals surface area contributed by atoms with Crippen molar-refractivity contribution in [3.63, 3.8) is 0 Å². The third-order valence-corrected chi connectivity index (χ3v) is 6.85. The Hall–Kier alpha value is -2.11. The van der Waals surface area contributed by atoms with Gasteiger partial charge in [-0.25, -0.2) is 8.42 Å². The van der Waals surface area contributed by atoms with Crippen LogP contribution in [0.5, 0.6) is 11.5 Å². The lowest BCUT2D eigenvalue weighted by molar-refractivity contribution is 0.0730. The van der Waals surface area contributed by atoms with Crippen molar-refractivity contribution in [2.75, 3.05) is 43.7 Å². The van der Waals surface area contributed by atoms with Crippen molar-refractivity contribution < 1.29 is 22.6 Å². The molecule has 0 aliphatic carbocycles. The number of benzene rings is 2. The van der Waals surface area contributed by atoms with Crippen molar-refractivity contribution in [3.8, 4) is 11.5 Å². The molecule has 0 saturated carbocycles. The second-order valence-electron chi connectivity index (χ2n) is 6.31. The van der Waals surface area contributed by atoms with Crippen LogP contribution in [0.15, 0.2) is 41.3 Å². The SMILES string of the molecule is O=S(=O)(c1ccc(Cl)c(NC(=S)Nc2ccc3c(c2)OCO3)c1)N1CCOCC1. The first-order chi connectivity index (χ1) is 13.9. The Morgan fingerprint density at radius 3 is 2.59 bits per heavy atom. The monoisotopic (exact) mass is 455 g/mol. The number of hydrogen-bond acceptors (Lipinski definition) is 6. The van der Waals surface area contributed by atoms with Gasteiger partial charge in [0.05, 0.1) is 28.8 Å². The van der Waals surface area contributed by atoms with Gasteiger partial charge in [-0.1, -0.05) is 11.6 Å². The molecule has 4 rings (SSSR count). The summed E-state index contributed by atoms with van der Waals surface area (Å²) in [4.78, 5) is 0.136. The largest absolute Gasteiger partial charge is 0.454 e. The number of ether oxygens (including phenoxy) is 3. The van der Waals surface area contributed by atoms with Gasteiger partial charge in [-0.3, -0.25) is 0 Å². The fourth-order valence-electron chi connectivity index (χ4n) is 2.96. The minimum atomic E-state index is -3.64. The molecule has 2 aromatic rings. The van der Waals surface area contributed by atoms with E-state index in [1.165, 1.54) is 22.5 Å². The smallest absolute Gasteiger partial charge is 0.243 e. The van der Waals surface area contributed by atoms with Crippen LogP contribution < -0.4 is 20.1 Å². The van der Waals surface area contributed by atoms with Crippen LogP contribution in [0.4, 0.5) is 11.4 Å². The zero-order chi connectivity index (χ0) is 20.4.